The second-order valence-electron chi connectivity index (χ2n) is 10.7. The molecule has 0 saturated carbocycles. The average Bonchev–Trinajstić information content (AvgIpc) is 3.90. The first-order valence-electron chi connectivity index (χ1n) is 14.0. The molecule has 0 fully saturated rings. The van der Waals surface area contributed by atoms with Crippen molar-refractivity contribution in [1.29, 1.82) is 0 Å². The SMILES string of the molecule is O=C(c1cccs1)c1nc2cc3cc4sc(-c5nc6cc7cc8sc(C(=O)c9cccs9)nc8cc7cc6s5)nc4cc3cc2s1. The number of fused-ring (bicyclic) bond motifs is 6. The minimum Gasteiger partial charge on any atom is -0.285 e. The third-order valence-electron chi connectivity index (χ3n) is 7.77. The Balaban J connectivity index is 1.01. The first kappa shape index (κ1) is 26.9. The summed E-state index contributed by atoms with van der Waals surface area (Å²) in [5, 5.41) is 10.9. The van der Waals surface area contributed by atoms with E-state index in [-0.39, 0.29) is 11.6 Å². The zero-order valence-corrected chi connectivity index (χ0v) is 28.0. The van der Waals surface area contributed by atoms with Crippen molar-refractivity contribution in [2.24, 2.45) is 0 Å². The number of ketones is 2. The summed E-state index contributed by atoms with van der Waals surface area (Å²) in [5.74, 6) is -0.0496. The highest BCUT2D eigenvalue weighted by molar-refractivity contribution is 7.28. The Hall–Kier alpha value is -4.30. The molecule has 6 aromatic heterocycles. The summed E-state index contributed by atoms with van der Waals surface area (Å²) in [6.45, 7) is 0. The molecule has 0 saturated heterocycles. The van der Waals surface area contributed by atoms with Crippen LogP contribution in [-0.4, -0.2) is 31.5 Å². The van der Waals surface area contributed by atoms with Crippen LogP contribution in [0.1, 0.15) is 29.4 Å². The Kier molecular flexibility index (Phi) is 5.90. The molecule has 0 N–H and O–H groups in total. The predicted octanol–water partition coefficient (Wildman–Crippen LogP) is 10.7. The van der Waals surface area contributed by atoms with Crippen LogP contribution in [0.2, 0.25) is 0 Å². The maximum Gasteiger partial charge on any atom is 0.231 e. The summed E-state index contributed by atoms with van der Waals surface area (Å²) in [5.41, 5.74) is 3.52. The Morgan fingerprint density at radius 2 is 0.826 bits per heavy atom. The number of thiophene rings is 2. The van der Waals surface area contributed by atoms with Gasteiger partial charge in [0.1, 0.15) is 0 Å². The second-order valence-corrected chi connectivity index (χ2v) is 16.7. The van der Waals surface area contributed by atoms with Gasteiger partial charge in [-0.3, -0.25) is 9.59 Å². The fraction of sp³-hybridized carbons (Fsp3) is 0. The lowest BCUT2D eigenvalue weighted by atomic mass is 10.1. The molecule has 0 bridgehead atoms. The minimum absolute atomic E-state index is 0.0248. The molecule has 10 rings (SSSR count). The molecule has 0 aliphatic heterocycles. The lowest BCUT2D eigenvalue weighted by Gasteiger charge is -1.97. The standard InChI is InChI=1S/C34H14N4O2S6/c39-29(23-3-1-5-41-23)31-35-19-7-15-13-27-21(9-17(15)11-25(19)43-31)37-33(45-27)34-38-22-10-18-12-26-20(8-16(18)14-28(22)46-34)36-32(44-26)30(40)24-4-2-6-42-24/h1-14H. The minimum atomic E-state index is -0.0248. The number of aromatic nitrogens is 4. The van der Waals surface area contributed by atoms with Gasteiger partial charge in [-0.15, -0.1) is 68.0 Å². The molecule has 0 amide bonds. The molecular formula is C34H14N4O2S6. The van der Waals surface area contributed by atoms with Crippen LogP contribution in [0.4, 0.5) is 0 Å². The summed E-state index contributed by atoms with van der Waals surface area (Å²) in [6.07, 6.45) is 0. The molecule has 0 radical (unpaired) electrons. The van der Waals surface area contributed by atoms with Gasteiger partial charge in [0.05, 0.1) is 50.6 Å². The molecule has 6 heterocycles. The molecule has 0 aliphatic carbocycles. The Bertz CT molecular complexity index is 2520. The van der Waals surface area contributed by atoms with Crippen LogP contribution in [-0.2, 0) is 0 Å². The van der Waals surface area contributed by atoms with Crippen LogP contribution in [0.3, 0.4) is 0 Å². The predicted molar refractivity (Wildman–Crippen MR) is 195 cm³/mol. The molecule has 4 aromatic carbocycles. The lowest BCUT2D eigenvalue weighted by Crippen LogP contribution is -1.96. The number of hydrogen-bond donors (Lipinski definition) is 0. The highest BCUT2D eigenvalue weighted by Gasteiger charge is 2.19. The number of carbonyl (C=O) groups excluding carboxylic acids is 2. The lowest BCUT2D eigenvalue weighted by molar-refractivity contribution is 0.103. The van der Waals surface area contributed by atoms with Crippen molar-refractivity contribution in [3.63, 3.8) is 0 Å². The van der Waals surface area contributed by atoms with Crippen molar-refractivity contribution in [2.75, 3.05) is 0 Å². The Morgan fingerprint density at radius 1 is 0.457 bits per heavy atom. The number of carbonyl (C=O) groups is 2. The van der Waals surface area contributed by atoms with Crippen molar-refractivity contribution in [3.05, 3.63) is 103 Å². The highest BCUT2D eigenvalue weighted by atomic mass is 32.1. The van der Waals surface area contributed by atoms with Crippen LogP contribution in [0.15, 0.2) is 83.6 Å². The molecule has 46 heavy (non-hydrogen) atoms. The van der Waals surface area contributed by atoms with Gasteiger partial charge in [-0.05, 0) is 93.0 Å². The fourth-order valence-electron chi connectivity index (χ4n) is 5.59. The van der Waals surface area contributed by atoms with Gasteiger partial charge in [-0.1, -0.05) is 12.1 Å². The summed E-state index contributed by atoms with van der Waals surface area (Å²) in [6, 6.07) is 24.3. The molecule has 12 heteroatoms. The topological polar surface area (TPSA) is 85.7 Å². The first-order chi connectivity index (χ1) is 22.5. The van der Waals surface area contributed by atoms with Gasteiger partial charge >= 0.3 is 0 Å². The summed E-state index contributed by atoms with van der Waals surface area (Å²) >= 11 is 9.01. The monoisotopic (exact) mass is 702 g/mol. The molecule has 218 valence electrons. The van der Waals surface area contributed by atoms with Gasteiger partial charge in [-0.25, -0.2) is 19.9 Å². The van der Waals surface area contributed by atoms with Crippen molar-refractivity contribution < 1.29 is 9.59 Å². The van der Waals surface area contributed by atoms with Gasteiger partial charge in [0.2, 0.25) is 11.6 Å². The van der Waals surface area contributed by atoms with E-state index in [1.54, 1.807) is 22.7 Å². The fourth-order valence-corrected chi connectivity index (χ4v) is 11.0. The number of rotatable bonds is 5. The smallest absolute Gasteiger partial charge is 0.231 e. The van der Waals surface area contributed by atoms with Crippen LogP contribution in [0, 0.1) is 0 Å². The van der Waals surface area contributed by atoms with Crippen molar-refractivity contribution in [2.45, 2.75) is 0 Å². The normalized spacial score (nSPS) is 12.1. The van der Waals surface area contributed by atoms with Crippen LogP contribution in [0.5, 0.6) is 0 Å². The van der Waals surface area contributed by atoms with Gasteiger partial charge in [0, 0.05) is 0 Å². The summed E-state index contributed by atoms with van der Waals surface area (Å²) in [4.78, 5) is 46.5. The van der Waals surface area contributed by atoms with Gasteiger partial charge in [0.25, 0.3) is 0 Å². The molecule has 0 aliphatic rings. The Labute approximate surface area is 282 Å². The molecule has 0 spiro atoms. The van der Waals surface area contributed by atoms with Gasteiger partial charge in [-0.2, -0.15) is 0 Å². The zero-order chi connectivity index (χ0) is 30.5. The maximum atomic E-state index is 12.9. The number of benzene rings is 4. The third kappa shape index (κ3) is 4.29. The van der Waals surface area contributed by atoms with E-state index in [0.717, 1.165) is 72.4 Å². The van der Waals surface area contributed by atoms with Gasteiger partial charge in [0.15, 0.2) is 20.0 Å². The Morgan fingerprint density at radius 3 is 1.20 bits per heavy atom. The molecular weight excluding hydrogens is 689 g/mol. The van der Waals surface area contributed by atoms with Crippen molar-refractivity contribution in [3.8, 4) is 10.0 Å². The maximum absolute atomic E-state index is 12.9. The van der Waals surface area contributed by atoms with E-state index in [1.807, 2.05) is 35.0 Å². The van der Waals surface area contributed by atoms with E-state index in [1.165, 1.54) is 45.3 Å². The third-order valence-corrected chi connectivity index (χ3v) is 13.7. The molecule has 0 atom stereocenters. The zero-order valence-electron chi connectivity index (χ0n) is 23.1. The first-order valence-corrected chi connectivity index (χ1v) is 19.0. The van der Waals surface area contributed by atoms with Crippen molar-refractivity contribution >= 4 is 142 Å². The van der Waals surface area contributed by atoms with E-state index < -0.39 is 0 Å². The van der Waals surface area contributed by atoms with Crippen LogP contribution < -0.4 is 0 Å². The van der Waals surface area contributed by atoms with Crippen molar-refractivity contribution in [1.82, 2.24) is 19.9 Å². The second kappa shape index (κ2) is 10.1. The highest BCUT2D eigenvalue weighted by Crippen LogP contribution is 2.40. The van der Waals surface area contributed by atoms with Gasteiger partial charge < -0.3 is 0 Å². The van der Waals surface area contributed by atoms with E-state index in [0.29, 0.717) is 19.8 Å². The van der Waals surface area contributed by atoms with E-state index in [9.17, 15) is 9.59 Å². The quantitative estimate of drug-likeness (QED) is 0.166. The molecule has 0 unspecified atom stereocenters. The number of hydrogen-bond acceptors (Lipinski definition) is 12. The van der Waals surface area contributed by atoms with E-state index >= 15 is 0 Å². The van der Waals surface area contributed by atoms with Crippen LogP contribution >= 0.6 is 68.0 Å². The molecule has 6 nitrogen and oxygen atoms in total. The summed E-state index contributed by atoms with van der Waals surface area (Å²) < 4.78 is 4.13. The van der Waals surface area contributed by atoms with E-state index in [2.05, 4.69) is 58.5 Å². The summed E-state index contributed by atoms with van der Waals surface area (Å²) in [7, 11) is 0. The number of nitrogens with zero attached hydrogens (tertiary/aromatic N) is 4. The van der Waals surface area contributed by atoms with Crippen LogP contribution in [0.25, 0.3) is 72.4 Å². The van der Waals surface area contributed by atoms with E-state index in [4.69, 9.17) is 9.97 Å². The average molecular weight is 703 g/mol. The largest absolute Gasteiger partial charge is 0.285 e. The number of thiazole rings is 4. The molecule has 10 aromatic rings.